The molecule has 1 saturated heterocycles. The van der Waals surface area contributed by atoms with Crippen molar-refractivity contribution >= 4 is 27.5 Å². The second-order valence-corrected chi connectivity index (χ2v) is 9.44. The van der Waals surface area contributed by atoms with Gasteiger partial charge in [0.05, 0.1) is 18.1 Å². The average molecular weight is 479 g/mol. The number of carbonyl (C=O) groups excluding carboxylic acids is 1. The SMILES string of the molecule is O=C(NCc1ccc(F)cc1Cl)c1cn(-c2ccc(S(=O)(=O)N3CCOCC3)cc2)cn1. The molecule has 1 fully saturated rings. The predicted molar refractivity (Wildman–Crippen MR) is 116 cm³/mol. The topological polar surface area (TPSA) is 93.5 Å². The monoisotopic (exact) mass is 478 g/mol. The van der Waals surface area contributed by atoms with E-state index in [4.69, 9.17) is 16.3 Å². The zero-order valence-electron chi connectivity index (χ0n) is 16.9. The van der Waals surface area contributed by atoms with Crippen molar-refractivity contribution in [3.8, 4) is 5.69 Å². The molecule has 1 amide bonds. The lowest BCUT2D eigenvalue weighted by Gasteiger charge is -2.26. The molecule has 1 aromatic heterocycles. The molecule has 4 rings (SSSR count). The molecule has 0 saturated carbocycles. The number of amides is 1. The second-order valence-electron chi connectivity index (χ2n) is 7.09. The Labute approximate surface area is 189 Å². The van der Waals surface area contributed by atoms with Crippen molar-refractivity contribution in [3.05, 3.63) is 77.1 Å². The molecule has 2 heterocycles. The predicted octanol–water partition coefficient (Wildman–Crippen LogP) is 2.62. The summed E-state index contributed by atoms with van der Waals surface area (Å²) < 4.78 is 46.8. The van der Waals surface area contributed by atoms with Crippen LogP contribution in [-0.4, -0.2) is 54.5 Å². The van der Waals surface area contributed by atoms with Gasteiger partial charge in [0.15, 0.2) is 0 Å². The molecule has 1 aliphatic rings. The normalized spacial score (nSPS) is 14.9. The summed E-state index contributed by atoms with van der Waals surface area (Å²) in [6.07, 6.45) is 3.00. The second kappa shape index (κ2) is 9.37. The van der Waals surface area contributed by atoms with Crippen LogP contribution in [0.4, 0.5) is 4.39 Å². The van der Waals surface area contributed by atoms with Crippen LogP contribution in [0.15, 0.2) is 59.9 Å². The van der Waals surface area contributed by atoms with Crippen LogP contribution in [-0.2, 0) is 21.3 Å². The van der Waals surface area contributed by atoms with E-state index in [1.807, 2.05) is 0 Å². The molecule has 32 heavy (non-hydrogen) atoms. The Bertz CT molecular complexity index is 1220. The number of benzene rings is 2. The van der Waals surface area contributed by atoms with Crippen molar-refractivity contribution in [2.75, 3.05) is 26.3 Å². The van der Waals surface area contributed by atoms with E-state index in [-0.39, 0.29) is 22.2 Å². The van der Waals surface area contributed by atoms with Gasteiger partial charge < -0.3 is 14.6 Å². The van der Waals surface area contributed by atoms with E-state index in [1.165, 1.54) is 47.2 Å². The standard InChI is InChI=1S/C21H20ClFN4O4S/c22-19-11-16(23)2-1-15(19)12-24-21(28)20-13-26(14-25-20)17-3-5-18(6-4-17)32(29,30)27-7-9-31-10-8-27/h1-6,11,13-14H,7-10,12H2,(H,24,28). The third-order valence-electron chi connectivity index (χ3n) is 5.01. The number of halogens is 2. The number of nitrogens with one attached hydrogen (secondary N) is 1. The van der Waals surface area contributed by atoms with Crippen molar-refractivity contribution in [1.82, 2.24) is 19.2 Å². The van der Waals surface area contributed by atoms with Gasteiger partial charge in [-0.15, -0.1) is 0 Å². The van der Waals surface area contributed by atoms with Crippen molar-refractivity contribution < 1.29 is 22.3 Å². The van der Waals surface area contributed by atoms with Crippen LogP contribution in [0.25, 0.3) is 5.69 Å². The smallest absolute Gasteiger partial charge is 0.271 e. The van der Waals surface area contributed by atoms with E-state index >= 15 is 0 Å². The van der Waals surface area contributed by atoms with Gasteiger partial charge in [0.2, 0.25) is 10.0 Å². The summed E-state index contributed by atoms with van der Waals surface area (Å²) in [7, 11) is -3.58. The molecule has 3 aromatic rings. The fourth-order valence-electron chi connectivity index (χ4n) is 3.24. The van der Waals surface area contributed by atoms with E-state index in [0.717, 1.165) is 0 Å². The summed E-state index contributed by atoms with van der Waals surface area (Å²) >= 11 is 5.97. The fraction of sp³-hybridized carbons (Fsp3) is 0.238. The Balaban J connectivity index is 1.43. The lowest BCUT2D eigenvalue weighted by atomic mass is 10.2. The number of rotatable bonds is 6. The average Bonchev–Trinajstić information content (AvgIpc) is 3.29. The molecule has 8 nitrogen and oxygen atoms in total. The highest BCUT2D eigenvalue weighted by Crippen LogP contribution is 2.20. The summed E-state index contributed by atoms with van der Waals surface area (Å²) in [5.41, 5.74) is 1.41. The van der Waals surface area contributed by atoms with Gasteiger partial charge in [0.1, 0.15) is 17.8 Å². The first-order chi connectivity index (χ1) is 15.3. The molecular formula is C21H20ClFN4O4S. The number of nitrogens with zero attached hydrogens (tertiary/aromatic N) is 3. The van der Waals surface area contributed by atoms with E-state index < -0.39 is 21.7 Å². The number of hydrogen-bond donors (Lipinski definition) is 1. The third-order valence-corrected chi connectivity index (χ3v) is 7.28. The van der Waals surface area contributed by atoms with Crippen molar-refractivity contribution in [2.24, 2.45) is 0 Å². The molecule has 0 aliphatic carbocycles. The Morgan fingerprint density at radius 1 is 1.16 bits per heavy atom. The molecular weight excluding hydrogens is 459 g/mol. The first kappa shape index (κ1) is 22.4. The minimum absolute atomic E-state index is 0.124. The van der Waals surface area contributed by atoms with Crippen LogP contribution in [0.2, 0.25) is 5.02 Å². The number of sulfonamides is 1. The summed E-state index contributed by atoms with van der Waals surface area (Å²) in [6.45, 7) is 1.54. The van der Waals surface area contributed by atoms with Gasteiger partial charge in [-0.25, -0.2) is 17.8 Å². The highest BCUT2D eigenvalue weighted by Gasteiger charge is 2.26. The molecule has 0 bridgehead atoms. The van der Waals surface area contributed by atoms with E-state index in [9.17, 15) is 17.6 Å². The zero-order chi connectivity index (χ0) is 22.7. The summed E-state index contributed by atoms with van der Waals surface area (Å²) in [5.74, 6) is -0.872. The number of morpholine rings is 1. The number of hydrogen-bond acceptors (Lipinski definition) is 5. The zero-order valence-corrected chi connectivity index (χ0v) is 18.4. The summed E-state index contributed by atoms with van der Waals surface area (Å²) in [4.78, 5) is 16.7. The van der Waals surface area contributed by atoms with Gasteiger partial charge in [-0.1, -0.05) is 17.7 Å². The Hall–Kier alpha value is -2.79. The highest BCUT2D eigenvalue weighted by atomic mass is 35.5. The van der Waals surface area contributed by atoms with Gasteiger partial charge in [-0.3, -0.25) is 4.79 Å². The number of carbonyl (C=O) groups is 1. The molecule has 2 aromatic carbocycles. The quantitative estimate of drug-likeness (QED) is 0.588. The van der Waals surface area contributed by atoms with Gasteiger partial charge >= 0.3 is 0 Å². The molecule has 168 valence electrons. The molecule has 1 N–H and O–H groups in total. The molecule has 11 heteroatoms. The minimum Gasteiger partial charge on any atom is -0.379 e. The van der Waals surface area contributed by atoms with Crippen LogP contribution in [0, 0.1) is 5.82 Å². The molecule has 0 spiro atoms. The third kappa shape index (κ3) is 4.83. The van der Waals surface area contributed by atoms with E-state index in [0.29, 0.717) is 37.6 Å². The summed E-state index contributed by atoms with van der Waals surface area (Å²) in [5, 5.41) is 2.91. The first-order valence-corrected chi connectivity index (χ1v) is 11.6. The van der Waals surface area contributed by atoms with Crippen LogP contribution in [0.5, 0.6) is 0 Å². The van der Waals surface area contributed by atoms with E-state index in [2.05, 4.69) is 10.3 Å². The number of imidazole rings is 1. The van der Waals surface area contributed by atoms with Crippen LogP contribution >= 0.6 is 11.6 Å². The number of ether oxygens (including phenoxy) is 1. The van der Waals surface area contributed by atoms with E-state index in [1.54, 1.807) is 16.7 Å². The molecule has 0 unspecified atom stereocenters. The fourth-order valence-corrected chi connectivity index (χ4v) is 4.88. The minimum atomic E-state index is -3.58. The van der Waals surface area contributed by atoms with Crippen molar-refractivity contribution in [3.63, 3.8) is 0 Å². The highest BCUT2D eigenvalue weighted by molar-refractivity contribution is 7.89. The van der Waals surface area contributed by atoms with Crippen LogP contribution in [0.1, 0.15) is 16.1 Å². The molecule has 1 aliphatic heterocycles. The number of aromatic nitrogens is 2. The van der Waals surface area contributed by atoms with Crippen LogP contribution in [0.3, 0.4) is 0 Å². The summed E-state index contributed by atoms with van der Waals surface area (Å²) in [6, 6.07) is 10.3. The lowest BCUT2D eigenvalue weighted by Crippen LogP contribution is -2.40. The Kier molecular flexibility index (Phi) is 6.56. The maximum Gasteiger partial charge on any atom is 0.271 e. The Morgan fingerprint density at radius 2 is 1.88 bits per heavy atom. The van der Waals surface area contributed by atoms with Gasteiger partial charge in [0, 0.05) is 36.5 Å². The maximum atomic E-state index is 13.1. The van der Waals surface area contributed by atoms with Gasteiger partial charge in [0.25, 0.3) is 5.91 Å². The van der Waals surface area contributed by atoms with Gasteiger partial charge in [-0.05, 0) is 42.0 Å². The van der Waals surface area contributed by atoms with Gasteiger partial charge in [-0.2, -0.15) is 4.31 Å². The molecule has 0 atom stereocenters. The van der Waals surface area contributed by atoms with Crippen molar-refractivity contribution in [1.29, 1.82) is 0 Å². The van der Waals surface area contributed by atoms with Crippen LogP contribution < -0.4 is 5.32 Å². The first-order valence-electron chi connectivity index (χ1n) is 9.79. The largest absolute Gasteiger partial charge is 0.379 e. The van der Waals surface area contributed by atoms with Crippen molar-refractivity contribution in [2.45, 2.75) is 11.4 Å². The molecule has 0 radical (unpaired) electrons. The Morgan fingerprint density at radius 3 is 2.56 bits per heavy atom. The maximum absolute atomic E-state index is 13.1. The lowest BCUT2D eigenvalue weighted by molar-refractivity contribution is 0.0730.